The third kappa shape index (κ3) is 2.61. The summed E-state index contributed by atoms with van der Waals surface area (Å²) in [6.07, 6.45) is 0.373. The molecule has 1 rings (SSSR count). The smallest absolute Gasteiger partial charge is 0.387 e. The van der Waals surface area contributed by atoms with Crippen LogP contribution < -0.4 is 9.47 Å². The summed E-state index contributed by atoms with van der Waals surface area (Å²) in [6, 6.07) is 1.89. The molecule has 0 aliphatic rings. The van der Waals surface area contributed by atoms with Gasteiger partial charge in [0.25, 0.3) is 0 Å². The van der Waals surface area contributed by atoms with Gasteiger partial charge in [0, 0.05) is 5.56 Å². The second-order valence-electron chi connectivity index (χ2n) is 2.53. The zero-order chi connectivity index (χ0) is 11.4. The zero-order valence-electron chi connectivity index (χ0n) is 7.67. The van der Waals surface area contributed by atoms with Gasteiger partial charge in [-0.15, -0.1) is 0 Å². The number of halogens is 3. The van der Waals surface area contributed by atoms with E-state index < -0.39 is 18.2 Å². The van der Waals surface area contributed by atoms with Gasteiger partial charge in [0.15, 0.2) is 11.6 Å². The average Bonchev–Trinajstić information content (AvgIpc) is 2.20. The molecule has 0 aromatic heterocycles. The summed E-state index contributed by atoms with van der Waals surface area (Å²) in [6.45, 7) is -3.16. The number of hydrogen-bond acceptors (Lipinski definition) is 3. The van der Waals surface area contributed by atoms with Crippen molar-refractivity contribution in [1.82, 2.24) is 0 Å². The lowest BCUT2D eigenvalue weighted by Crippen LogP contribution is -2.06. The Morgan fingerprint density at radius 2 is 2.07 bits per heavy atom. The van der Waals surface area contributed by atoms with Crippen molar-refractivity contribution in [3.05, 3.63) is 23.5 Å². The van der Waals surface area contributed by atoms with Crippen LogP contribution in [0.2, 0.25) is 0 Å². The van der Waals surface area contributed by atoms with E-state index in [9.17, 15) is 18.0 Å². The number of aldehydes is 1. The van der Waals surface area contributed by atoms with Crippen LogP contribution in [0.3, 0.4) is 0 Å². The van der Waals surface area contributed by atoms with Gasteiger partial charge in [-0.1, -0.05) is 0 Å². The monoisotopic (exact) mass is 220 g/mol. The summed E-state index contributed by atoms with van der Waals surface area (Å²) in [5.41, 5.74) is -0.0223. The highest BCUT2D eigenvalue weighted by Gasteiger charge is 2.17. The first-order valence-corrected chi connectivity index (χ1v) is 3.86. The van der Waals surface area contributed by atoms with Crippen molar-refractivity contribution in [1.29, 1.82) is 0 Å². The predicted molar refractivity (Wildman–Crippen MR) is 45.0 cm³/mol. The molecular formula is C9H7F3O3. The van der Waals surface area contributed by atoms with Crippen molar-refractivity contribution in [2.45, 2.75) is 6.61 Å². The molecule has 0 spiro atoms. The highest BCUT2D eigenvalue weighted by Crippen LogP contribution is 2.32. The fourth-order valence-corrected chi connectivity index (χ4v) is 1.01. The van der Waals surface area contributed by atoms with E-state index >= 15 is 0 Å². The summed E-state index contributed by atoms with van der Waals surface area (Å²) >= 11 is 0. The van der Waals surface area contributed by atoms with Crippen molar-refractivity contribution in [2.75, 3.05) is 7.11 Å². The maximum absolute atomic E-state index is 13.1. The lowest BCUT2D eigenvalue weighted by atomic mass is 10.2. The minimum atomic E-state index is -3.16. The number of carbonyl (C=O) groups excluding carboxylic acids is 1. The molecule has 0 N–H and O–H groups in total. The molecule has 3 nitrogen and oxygen atoms in total. The Morgan fingerprint density at radius 1 is 1.40 bits per heavy atom. The molecule has 0 aliphatic carbocycles. The first kappa shape index (κ1) is 11.4. The van der Waals surface area contributed by atoms with E-state index in [1.165, 1.54) is 0 Å². The standard InChI is InChI=1S/C9H7F3O3/c1-14-7-3-5(4-13)2-6(10)8(7)15-9(11)12/h2-4,9H,1H3. The second kappa shape index (κ2) is 4.68. The third-order valence-corrected chi connectivity index (χ3v) is 1.59. The molecule has 1 aromatic rings. The number of methoxy groups -OCH3 is 1. The molecule has 0 heterocycles. The summed E-state index contributed by atoms with van der Waals surface area (Å²) < 4.78 is 45.4. The average molecular weight is 220 g/mol. The SMILES string of the molecule is COc1cc(C=O)cc(F)c1OC(F)F. The molecule has 0 atom stereocenters. The van der Waals surface area contributed by atoms with Gasteiger partial charge < -0.3 is 9.47 Å². The number of rotatable bonds is 4. The lowest BCUT2D eigenvalue weighted by molar-refractivity contribution is -0.0536. The summed E-state index contributed by atoms with van der Waals surface area (Å²) in [5, 5.41) is 0. The van der Waals surface area contributed by atoms with Gasteiger partial charge in [-0.2, -0.15) is 8.78 Å². The van der Waals surface area contributed by atoms with Gasteiger partial charge in [0.1, 0.15) is 6.29 Å². The van der Waals surface area contributed by atoms with E-state index in [4.69, 9.17) is 0 Å². The van der Waals surface area contributed by atoms with Crippen LogP contribution in [0.5, 0.6) is 11.5 Å². The van der Waals surface area contributed by atoms with Crippen LogP contribution in [-0.4, -0.2) is 20.0 Å². The minimum Gasteiger partial charge on any atom is -0.493 e. The van der Waals surface area contributed by atoms with Crippen LogP contribution in [0.25, 0.3) is 0 Å². The van der Waals surface area contributed by atoms with Crippen molar-refractivity contribution in [2.24, 2.45) is 0 Å². The fourth-order valence-electron chi connectivity index (χ4n) is 1.01. The topological polar surface area (TPSA) is 35.5 Å². The van der Waals surface area contributed by atoms with Crippen LogP contribution >= 0.6 is 0 Å². The van der Waals surface area contributed by atoms with Crippen molar-refractivity contribution in [3.8, 4) is 11.5 Å². The van der Waals surface area contributed by atoms with Gasteiger partial charge in [-0.25, -0.2) is 4.39 Å². The molecule has 0 amide bonds. The molecule has 82 valence electrons. The maximum Gasteiger partial charge on any atom is 0.387 e. The molecule has 0 saturated heterocycles. The van der Waals surface area contributed by atoms with E-state index in [-0.39, 0.29) is 11.3 Å². The molecular weight excluding hydrogens is 213 g/mol. The maximum atomic E-state index is 13.1. The van der Waals surface area contributed by atoms with Gasteiger partial charge in [-0.05, 0) is 12.1 Å². The largest absolute Gasteiger partial charge is 0.493 e. The Kier molecular flexibility index (Phi) is 3.54. The third-order valence-electron chi connectivity index (χ3n) is 1.59. The first-order valence-electron chi connectivity index (χ1n) is 3.86. The van der Waals surface area contributed by atoms with Crippen molar-refractivity contribution >= 4 is 6.29 Å². The Balaban J connectivity index is 3.18. The quantitative estimate of drug-likeness (QED) is 0.730. The van der Waals surface area contributed by atoms with Crippen molar-refractivity contribution < 1.29 is 27.4 Å². The van der Waals surface area contributed by atoms with E-state index in [0.29, 0.717) is 6.29 Å². The van der Waals surface area contributed by atoms with Gasteiger partial charge >= 0.3 is 6.61 Å². The fraction of sp³-hybridized carbons (Fsp3) is 0.222. The van der Waals surface area contributed by atoms with Crippen LogP contribution in [0.1, 0.15) is 10.4 Å². The second-order valence-corrected chi connectivity index (χ2v) is 2.53. The van der Waals surface area contributed by atoms with E-state index in [2.05, 4.69) is 9.47 Å². The van der Waals surface area contributed by atoms with Crippen molar-refractivity contribution in [3.63, 3.8) is 0 Å². The highest BCUT2D eigenvalue weighted by molar-refractivity contribution is 5.76. The summed E-state index contributed by atoms with van der Waals surface area (Å²) in [7, 11) is 1.15. The highest BCUT2D eigenvalue weighted by atomic mass is 19.3. The molecule has 0 radical (unpaired) electrons. The lowest BCUT2D eigenvalue weighted by Gasteiger charge is -2.10. The van der Waals surface area contributed by atoms with Crippen LogP contribution in [0.4, 0.5) is 13.2 Å². The molecule has 0 saturated carbocycles. The molecule has 0 aliphatic heterocycles. The van der Waals surface area contributed by atoms with E-state index in [0.717, 1.165) is 19.2 Å². The molecule has 0 unspecified atom stereocenters. The summed E-state index contributed by atoms with van der Waals surface area (Å²) in [5.74, 6) is -2.03. The Morgan fingerprint density at radius 3 is 2.53 bits per heavy atom. The number of alkyl halides is 2. The number of carbonyl (C=O) groups is 1. The molecule has 1 aromatic carbocycles. The number of ether oxygens (including phenoxy) is 2. The molecule has 0 fully saturated rings. The molecule has 0 bridgehead atoms. The van der Waals surface area contributed by atoms with Crippen LogP contribution in [0.15, 0.2) is 12.1 Å². The number of hydrogen-bond donors (Lipinski definition) is 0. The predicted octanol–water partition coefficient (Wildman–Crippen LogP) is 2.25. The first-order chi connectivity index (χ1) is 7.08. The Bertz CT molecular complexity index is 366. The van der Waals surface area contributed by atoms with E-state index in [1.54, 1.807) is 0 Å². The normalized spacial score (nSPS) is 10.2. The minimum absolute atomic E-state index is 0.0223. The molecule has 15 heavy (non-hydrogen) atoms. The molecule has 6 heteroatoms. The Labute approximate surface area is 83.4 Å². The van der Waals surface area contributed by atoms with Gasteiger partial charge in [0.05, 0.1) is 7.11 Å². The van der Waals surface area contributed by atoms with E-state index in [1.807, 2.05) is 0 Å². The van der Waals surface area contributed by atoms with Crippen LogP contribution in [-0.2, 0) is 0 Å². The zero-order valence-corrected chi connectivity index (χ0v) is 7.67. The van der Waals surface area contributed by atoms with Crippen LogP contribution in [0, 0.1) is 5.82 Å². The number of benzene rings is 1. The summed E-state index contributed by atoms with van der Waals surface area (Å²) in [4.78, 5) is 10.3. The Hall–Kier alpha value is -1.72. The van der Waals surface area contributed by atoms with Gasteiger partial charge in [0.2, 0.25) is 5.75 Å². The van der Waals surface area contributed by atoms with Gasteiger partial charge in [-0.3, -0.25) is 4.79 Å².